The molecule has 1 aliphatic rings. The zero-order valence-corrected chi connectivity index (χ0v) is 37.1. The molecule has 0 bridgehead atoms. The Morgan fingerprint density at radius 1 is 0.603 bits per heavy atom. The van der Waals surface area contributed by atoms with E-state index in [1.807, 2.05) is 84.9 Å². The Morgan fingerprint density at radius 3 is 1.57 bits per heavy atom. The molecule has 0 spiro atoms. The number of aromatic nitrogens is 1. The maximum atomic E-state index is 14.5. The second-order valence-electron chi connectivity index (χ2n) is 16.7. The number of unbranched alkanes of at least 4 members (excludes halogenated alkanes) is 10. The number of nitrogens with one attached hydrogen (secondary N) is 3. The van der Waals surface area contributed by atoms with E-state index in [0.29, 0.717) is 5.69 Å². The maximum absolute atomic E-state index is 14.5. The molecule has 334 valence electrons. The molecule has 2 amide bonds. The van der Waals surface area contributed by atoms with Crippen LogP contribution in [0.4, 0.5) is 5.69 Å². The van der Waals surface area contributed by atoms with Crippen LogP contribution >= 0.6 is 0 Å². The third-order valence-corrected chi connectivity index (χ3v) is 11.8. The summed E-state index contributed by atoms with van der Waals surface area (Å²) in [4.78, 5) is 62.4. The number of benzene rings is 4. The minimum atomic E-state index is -1.03. The van der Waals surface area contributed by atoms with Gasteiger partial charge in [-0.25, -0.2) is 9.59 Å². The van der Waals surface area contributed by atoms with Crippen LogP contribution in [0.2, 0.25) is 0 Å². The lowest BCUT2D eigenvalue weighted by Gasteiger charge is -2.31. The first-order valence-electron chi connectivity index (χ1n) is 23.2. The molecule has 1 aromatic heterocycles. The number of hydrogen-bond acceptors (Lipinski definition) is 9. The average Bonchev–Trinajstić information content (AvgIpc) is 3.76. The molecule has 1 aliphatic heterocycles. The number of carbonyl (C=O) groups excluding carboxylic acids is 4. The fourth-order valence-electron chi connectivity index (χ4n) is 8.30. The molecule has 4 atom stereocenters. The first-order valence-corrected chi connectivity index (χ1v) is 23.2. The van der Waals surface area contributed by atoms with Gasteiger partial charge < -0.3 is 25.0 Å². The average molecular weight is 856 g/mol. The summed E-state index contributed by atoms with van der Waals surface area (Å²) in [6, 6.07) is 28.6. The molecule has 1 fully saturated rings. The van der Waals surface area contributed by atoms with Crippen molar-refractivity contribution in [1.29, 1.82) is 0 Å². The molecule has 11 nitrogen and oxygen atoms in total. The van der Waals surface area contributed by atoms with Crippen LogP contribution in [0.15, 0.2) is 109 Å². The molecule has 0 radical (unpaired) electrons. The molecule has 63 heavy (non-hydrogen) atoms. The van der Waals surface area contributed by atoms with E-state index in [1.165, 1.54) is 12.8 Å². The number of ether oxygens (including phenoxy) is 2. The molecule has 4 aromatic carbocycles. The van der Waals surface area contributed by atoms with Crippen LogP contribution in [0.5, 0.6) is 0 Å². The van der Waals surface area contributed by atoms with Crippen LogP contribution in [0.25, 0.3) is 21.5 Å². The van der Waals surface area contributed by atoms with Crippen LogP contribution in [0.3, 0.4) is 0 Å². The number of esters is 2. The summed E-state index contributed by atoms with van der Waals surface area (Å²) in [7, 11) is 0. The molecule has 1 saturated heterocycles. The van der Waals surface area contributed by atoms with Gasteiger partial charge in [0.2, 0.25) is 5.91 Å². The van der Waals surface area contributed by atoms with Crippen LogP contribution in [-0.2, 0) is 41.5 Å². The number of amides is 2. The van der Waals surface area contributed by atoms with Crippen molar-refractivity contribution in [2.75, 3.05) is 24.7 Å². The lowest BCUT2D eigenvalue weighted by molar-refractivity contribution is -0.148. The summed E-state index contributed by atoms with van der Waals surface area (Å²) in [5.41, 5.74) is 2.33. The number of carbonyl (C=O) groups is 4. The Bertz CT molecular complexity index is 2100. The zero-order chi connectivity index (χ0) is 44.2. The van der Waals surface area contributed by atoms with Crippen LogP contribution in [0.1, 0.15) is 102 Å². The number of hydrogen-bond donors (Lipinski definition) is 3. The van der Waals surface area contributed by atoms with Gasteiger partial charge in [-0.15, -0.1) is 0 Å². The molecule has 6 rings (SSSR count). The number of nitrogens with zero attached hydrogens (tertiary/aromatic N) is 2. The van der Waals surface area contributed by atoms with Gasteiger partial charge in [-0.1, -0.05) is 163 Å². The summed E-state index contributed by atoms with van der Waals surface area (Å²) >= 11 is 0. The van der Waals surface area contributed by atoms with Crippen molar-refractivity contribution >= 4 is 51.0 Å². The van der Waals surface area contributed by atoms with Gasteiger partial charge in [0.1, 0.15) is 18.1 Å². The lowest BCUT2D eigenvalue weighted by Crippen LogP contribution is -2.57. The van der Waals surface area contributed by atoms with E-state index in [-0.39, 0.29) is 32.6 Å². The highest BCUT2D eigenvalue weighted by Crippen LogP contribution is 2.25. The standard InChI is InChI=1S/C52H65N5O6/c1-3-5-7-9-11-17-31-62-51(60)45(35-38-23-25-40-19-13-15-21-42(40)33-38)55-49(58)47-37-54-48(57(47)44-27-29-53-30-28-44)50(59)56-46(52(61)63-32-18-12-10-8-6-4-2)36-39-24-26-41-20-14-16-22-43(41)34-39/h13-16,19-30,33-34,45-48,54H,3-12,17-18,31-32,35-37H2,1-2H3,(H,55,58)(H,56,59)/t45-,46-,47+,48+/m1/s1. The van der Waals surface area contributed by atoms with E-state index in [1.54, 1.807) is 29.4 Å². The van der Waals surface area contributed by atoms with E-state index in [4.69, 9.17) is 9.47 Å². The molecule has 11 heteroatoms. The molecule has 0 saturated carbocycles. The molecular weight excluding hydrogens is 791 g/mol. The van der Waals surface area contributed by atoms with Crippen LogP contribution in [-0.4, -0.2) is 72.8 Å². The Labute approximate surface area is 372 Å². The van der Waals surface area contributed by atoms with Crippen molar-refractivity contribution in [1.82, 2.24) is 20.9 Å². The van der Waals surface area contributed by atoms with Crippen LogP contribution < -0.4 is 20.9 Å². The maximum Gasteiger partial charge on any atom is 0.328 e. The SMILES string of the molecule is CCCCCCCCOC(=O)[C@@H](Cc1ccc2ccccc2c1)NC(=O)[C@H]1NC[C@@H](C(=O)N[C@H](Cc2ccc3ccccc3c2)C(=O)OCCCCCCCC)N1c1ccncc1. The molecule has 0 unspecified atom stereocenters. The molecule has 3 N–H and O–H groups in total. The first kappa shape index (κ1) is 46.7. The highest BCUT2D eigenvalue weighted by atomic mass is 16.5. The number of rotatable bonds is 25. The van der Waals surface area contributed by atoms with Gasteiger partial charge in [0.25, 0.3) is 5.91 Å². The summed E-state index contributed by atoms with van der Waals surface area (Å²) in [5, 5.41) is 13.5. The van der Waals surface area contributed by atoms with Gasteiger partial charge in [-0.3, -0.25) is 19.9 Å². The number of pyridine rings is 1. The molecular formula is C52H65N5O6. The van der Waals surface area contributed by atoms with Crippen molar-refractivity contribution in [3.8, 4) is 0 Å². The van der Waals surface area contributed by atoms with Crippen molar-refractivity contribution in [2.24, 2.45) is 0 Å². The summed E-state index contributed by atoms with van der Waals surface area (Å²) in [6.07, 6.45) is 15.2. The Morgan fingerprint density at radius 2 is 1.06 bits per heavy atom. The smallest absolute Gasteiger partial charge is 0.328 e. The van der Waals surface area contributed by atoms with Crippen molar-refractivity contribution in [3.05, 3.63) is 121 Å². The second kappa shape index (κ2) is 24.7. The zero-order valence-electron chi connectivity index (χ0n) is 37.1. The predicted octanol–water partition coefficient (Wildman–Crippen LogP) is 8.75. The second-order valence-corrected chi connectivity index (χ2v) is 16.7. The largest absolute Gasteiger partial charge is 0.464 e. The lowest BCUT2D eigenvalue weighted by atomic mass is 10.0. The highest BCUT2D eigenvalue weighted by molar-refractivity contribution is 5.96. The Kier molecular flexibility index (Phi) is 18.3. The van der Waals surface area contributed by atoms with E-state index < -0.39 is 48.0 Å². The number of fused-ring (bicyclic) bond motifs is 2. The highest BCUT2D eigenvalue weighted by Gasteiger charge is 2.43. The fourth-order valence-corrected chi connectivity index (χ4v) is 8.30. The van der Waals surface area contributed by atoms with Gasteiger partial charge in [0.05, 0.1) is 13.2 Å². The quantitative estimate of drug-likeness (QED) is 0.0389. The molecule has 2 heterocycles. The van der Waals surface area contributed by atoms with E-state index in [0.717, 1.165) is 96.9 Å². The Balaban J connectivity index is 1.19. The van der Waals surface area contributed by atoms with Crippen LogP contribution in [0, 0.1) is 0 Å². The van der Waals surface area contributed by atoms with Gasteiger partial charge in [0.15, 0.2) is 6.17 Å². The summed E-state index contributed by atoms with van der Waals surface area (Å²) in [6.45, 7) is 4.99. The molecule has 5 aromatic rings. The predicted molar refractivity (Wildman–Crippen MR) is 250 cm³/mol. The first-order chi connectivity index (χ1) is 30.8. The monoisotopic (exact) mass is 855 g/mol. The minimum Gasteiger partial charge on any atom is -0.464 e. The van der Waals surface area contributed by atoms with E-state index >= 15 is 0 Å². The molecule has 0 aliphatic carbocycles. The van der Waals surface area contributed by atoms with Crippen molar-refractivity contribution in [2.45, 2.75) is 128 Å². The Hall–Kier alpha value is -5.81. The topological polar surface area (TPSA) is 139 Å². The normalized spacial score (nSPS) is 15.8. The summed E-state index contributed by atoms with van der Waals surface area (Å²) < 4.78 is 11.6. The van der Waals surface area contributed by atoms with Gasteiger partial charge in [-0.05, 0) is 57.6 Å². The minimum absolute atomic E-state index is 0.0968. The van der Waals surface area contributed by atoms with E-state index in [2.05, 4.69) is 34.8 Å². The van der Waals surface area contributed by atoms with Crippen molar-refractivity contribution in [3.63, 3.8) is 0 Å². The van der Waals surface area contributed by atoms with Gasteiger partial charge in [0, 0.05) is 37.5 Å². The summed E-state index contributed by atoms with van der Waals surface area (Å²) in [5.74, 6) is -1.95. The fraction of sp³-hybridized carbons (Fsp3) is 0.442. The number of anilines is 1. The third kappa shape index (κ3) is 13.8. The van der Waals surface area contributed by atoms with Gasteiger partial charge in [-0.2, -0.15) is 0 Å². The third-order valence-electron chi connectivity index (χ3n) is 11.8. The van der Waals surface area contributed by atoms with Crippen molar-refractivity contribution < 1.29 is 28.7 Å². The van der Waals surface area contributed by atoms with E-state index in [9.17, 15) is 19.2 Å². The van der Waals surface area contributed by atoms with Gasteiger partial charge >= 0.3 is 11.9 Å².